The van der Waals surface area contributed by atoms with Crippen LogP contribution in [0.1, 0.15) is 26.7 Å². The lowest BCUT2D eigenvalue weighted by atomic mass is 10.3. The Balaban J connectivity index is 4.45. The van der Waals surface area contributed by atoms with Gasteiger partial charge in [-0.05, 0) is 65.0 Å². The van der Waals surface area contributed by atoms with E-state index in [0.717, 1.165) is 12.8 Å². The molecule has 0 aromatic heterocycles. The second kappa shape index (κ2) is 7.04. The molecule has 0 rings (SSSR count). The van der Waals surface area contributed by atoms with E-state index in [1.807, 2.05) is 0 Å². The molecule has 3 nitrogen and oxygen atoms in total. The van der Waals surface area contributed by atoms with E-state index in [9.17, 15) is 0 Å². The molecule has 0 aromatic rings. The molecule has 104 valence electrons. The van der Waals surface area contributed by atoms with E-state index >= 15 is 0 Å². The van der Waals surface area contributed by atoms with E-state index < -0.39 is 16.6 Å². The monoisotopic (exact) mass is 276 g/mol. The molecule has 2 unspecified atom stereocenters. The lowest BCUT2D eigenvalue weighted by Gasteiger charge is -2.35. The average molecular weight is 277 g/mol. The maximum atomic E-state index is 6.49. The molecule has 0 saturated carbocycles. The normalized spacial score (nSPS) is 19.8. The summed E-state index contributed by atoms with van der Waals surface area (Å²) in [5, 5.41) is 0. The van der Waals surface area contributed by atoms with Crippen LogP contribution in [-0.4, -0.2) is 28.7 Å². The minimum atomic E-state index is -1.61. The summed E-state index contributed by atoms with van der Waals surface area (Å²) in [6.45, 7) is 13.3. The number of hydrogen-bond acceptors (Lipinski definition) is 3. The van der Waals surface area contributed by atoms with Gasteiger partial charge >= 0.3 is 0 Å². The summed E-state index contributed by atoms with van der Waals surface area (Å²) >= 11 is 0. The Kier molecular flexibility index (Phi) is 7.17. The van der Waals surface area contributed by atoms with Gasteiger partial charge in [-0.2, -0.15) is 0 Å². The Bertz CT molecular complexity index is 203. The maximum Gasteiger partial charge on any atom is 0.176 e. The first-order chi connectivity index (χ1) is 7.54. The summed E-state index contributed by atoms with van der Waals surface area (Å²) in [5.74, 6) is 0. The predicted molar refractivity (Wildman–Crippen MR) is 82.2 cm³/mol. The molecular formula is C12H32N2OSi2. The molecule has 0 aromatic carbocycles. The van der Waals surface area contributed by atoms with Crippen molar-refractivity contribution in [2.24, 2.45) is 11.5 Å². The van der Waals surface area contributed by atoms with Crippen molar-refractivity contribution in [1.82, 2.24) is 0 Å². The van der Waals surface area contributed by atoms with Crippen LogP contribution < -0.4 is 11.5 Å². The van der Waals surface area contributed by atoms with Gasteiger partial charge in [0.2, 0.25) is 0 Å². The molecule has 0 aliphatic carbocycles. The van der Waals surface area contributed by atoms with E-state index in [4.69, 9.17) is 15.6 Å². The second-order valence-corrected chi connectivity index (χ2v) is 15.6. The Hall–Kier alpha value is 0.314. The van der Waals surface area contributed by atoms with Crippen molar-refractivity contribution in [3.63, 3.8) is 0 Å². The SMILES string of the molecule is CC(N)CC[Si](C)(CCC(C)N)O[Si](C)(C)C. The van der Waals surface area contributed by atoms with Crippen LogP contribution in [0.25, 0.3) is 0 Å². The van der Waals surface area contributed by atoms with Gasteiger partial charge in [0.05, 0.1) is 0 Å². The lowest BCUT2D eigenvalue weighted by molar-refractivity contribution is 0.516. The first-order valence-corrected chi connectivity index (χ1v) is 13.0. The van der Waals surface area contributed by atoms with Gasteiger partial charge in [-0.3, -0.25) is 0 Å². The highest BCUT2D eigenvalue weighted by Gasteiger charge is 2.33. The minimum absolute atomic E-state index is 0.280. The largest absolute Gasteiger partial charge is 0.456 e. The highest BCUT2D eigenvalue weighted by molar-refractivity contribution is 6.84. The topological polar surface area (TPSA) is 61.3 Å². The Labute approximate surface area is 110 Å². The summed E-state index contributed by atoms with van der Waals surface area (Å²) in [6.07, 6.45) is 2.15. The van der Waals surface area contributed by atoms with E-state index in [1.165, 1.54) is 12.1 Å². The van der Waals surface area contributed by atoms with Crippen LogP contribution in [-0.2, 0) is 4.12 Å². The number of nitrogens with two attached hydrogens (primary N) is 2. The molecule has 4 N–H and O–H groups in total. The van der Waals surface area contributed by atoms with Crippen LogP contribution in [0.2, 0.25) is 38.3 Å². The van der Waals surface area contributed by atoms with Crippen molar-refractivity contribution in [3.8, 4) is 0 Å². The molecule has 0 fully saturated rings. The Morgan fingerprint density at radius 2 is 1.24 bits per heavy atom. The van der Waals surface area contributed by atoms with Gasteiger partial charge < -0.3 is 15.6 Å². The molecule has 5 heteroatoms. The van der Waals surface area contributed by atoms with Crippen molar-refractivity contribution < 1.29 is 4.12 Å². The van der Waals surface area contributed by atoms with Crippen molar-refractivity contribution in [1.29, 1.82) is 0 Å². The fraction of sp³-hybridized carbons (Fsp3) is 1.00. The predicted octanol–water partition coefficient (Wildman–Crippen LogP) is 2.89. The van der Waals surface area contributed by atoms with Gasteiger partial charge in [0.15, 0.2) is 16.6 Å². The zero-order valence-electron chi connectivity index (χ0n) is 12.5. The highest BCUT2D eigenvalue weighted by Crippen LogP contribution is 2.26. The van der Waals surface area contributed by atoms with Crippen molar-refractivity contribution >= 4 is 16.6 Å². The highest BCUT2D eigenvalue weighted by atomic mass is 28.4. The summed E-state index contributed by atoms with van der Waals surface area (Å²) in [4.78, 5) is 0. The molecule has 17 heavy (non-hydrogen) atoms. The van der Waals surface area contributed by atoms with Gasteiger partial charge in [0, 0.05) is 12.1 Å². The first kappa shape index (κ1) is 17.3. The van der Waals surface area contributed by atoms with Gasteiger partial charge in [-0.15, -0.1) is 0 Å². The Morgan fingerprint density at radius 3 is 1.47 bits per heavy atom. The second-order valence-electron chi connectivity index (χ2n) is 6.70. The molecule has 0 heterocycles. The standard InChI is InChI=1S/C12H32N2OSi2/c1-11(13)7-9-17(6,10-8-12(2)14)15-16(3,4)5/h11-12H,7-10,13-14H2,1-6H3. The molecule has 0 amide bonds. The zero-order chi connectivity index (χ0) is 13.7. The quantitative estimate of drug-likeness (QED) is 0.670. The van der Waals surface area contributed by atoms with Gasteiger partial charge in [0.1, 0.15) is 0 Å². The van der Waals surface area contributed by atoms with Gasteiger partial charge in [0.25, 0.3) is 0 Å². The molecule has 0 bridgehead atoms. The molecule has 0 spiro atoms. The average Bonchev–Trinajstić information content (AvgIpc) is 2.09. The lowest BCUT2D eigenvalue weighted by Crippen LogP contribution is -2.45. The first-order valence-electron chi connectivity index (χ1n) is 6.75. The van der Waals surface area contributed by atoms with Crippen LogP contribution in [0.4, 0.5) is 0 Å². The minimum Gasteiger partial charge on any atom is -0.456 e. The third-order valence-corrected chi connectivity index (χ3v) is 9.92. The Morgan fingerprint density at radius 1 is 0.882 bits per heavy atom. The van der Waals surface area contributed by atoms with E-state index in [2.05, 4.69) is 40.0 Å². The molecule has 0 radical (unpaired) electrons. The van der Waals surface area contributed by atoms with Crippen LogP contribution in [0.5, 0.6) is 0 Å². The van der Waals surface area contributed by atoms with E-state index in [1.54, 1.807) is 0 Å². The number of hydrogen-bond donors (Lipinski definition) is 2. The smallest absolute Gasteiger partial charge is 0.176 e. The molecule has 0 aliphatic heterocycles. The summed E-state index contributed by atoms with van der Waals surface area (Å²) in [6, 6.07) is 2.90. The summed E-state index contributed by atoms with van der Waals surface area (Å²) in [7, 11) is -3.07. The van der Waals surface area contributed by atoms with Crippen molar-refractivity contribution in [2.75, 3.05) is 0 Å². The number of rotatable bonds is 8. The van der Waals surface area contributed by atoms with Crippen LogP contribution in [0, 0.1) is 0 Å². The maximum absolute atomic E-state index is 6.49. The fourth-order valence-electron chi connectivity index (χ4n) is 2.03. The van der Waals surface area contributed by atoms with Crippen molar-refractivity contribution in [3.05, 3.63) is 0 Å². The fourth-order valence-corrected chi connectivity index (χ4v) is 11.1. The van der Waals surface area contributed by atoms with Crippen LogP contribution in [0.3, 0.4) is 0 Å². The molecule has 0 saturated heterocycles. The van der Waals surface area contributed by atoms with Crippen LogP contribution in [0.15, 0.2) is 0 Å². The van der Waals surface area contributed by atoms with Gasteiger partial charge in [-0.1, -0.05) is 0 Å². The van der Waals surface area contributed by atoms with Crippen molar-refractivity contribution in [2.45, 2.75) is 77.0 Å². The third kappa shape index (κ3) is 9.97. The van der Waals surface area contributed by atoms with Gasteiger partial charge in [-0.25, -0.2) is 0 Å². The summed E-state index contributed by atoms with van der Waals surface area (Å²) < 4.78 is 6.49. The van der Waals surface area contributed by atoms with E-state index in [0.29, 0.717) is 0 Å². The third-order valence-electron chi connectivity index (χ3n) is 2.81. The molecule has 0 aliphatic rings. The van der Waals surface area contributed by atoms with E-state index in [-0.39, 0.29) is 12.1 Å². The zero-order valence-corrected chi connectivity index (χ0v) is 14.5. The molecular weight excluding hydrogens is 244 g/mol. The van der Waals surface area contributed by atoms with Crippen LogP contribution >= 0.6 is 0 Å². The summed E-state index contributed by atoms with van der Waals surface area (Å²) in [5.41, 5.74) is 11.7. The molecule has 2 atom stereocenters.